The molecule has 4 nitrogen and oxygen atoms in total. The highest BCUT2D eigenvalue weighted by Gasteiger charge is 2.29. The van der Waals surface area contributed by atoms with Crippen molar-refractivity contribution in [3.63, 3.8) is 0 Å². The van der Waals surface area contributed by atoms with Crippen LogP contribution in [0.5, 0.6) is 11.5 Å². The smallest absolute Gasteiger partial charge is 0.161 e. The summed E-state index contributed by atoms with van der Waals surface area (Å²) >= 11 is 8.48. The summed E-state index contributed by atoms with van der Waals surface area (Å²) < 4.78 is 11.5. The topological polar surface area (TPSA) is 44.2 Å². The van der Waals surface area contributed by atoms with Crippen LogP contribution in [0.15, 0.2) is 18.2 Å². The zero-order valence-electron chi connectivity index (χ0n) is 11.7. The third-order valence-corrected chi connectivity index (χ3v) is 5.07. The first-order valence-electron chi connectivity index (χ1n) is 6.58. The van der Waals surface area contributed by atoms with Gasteiger partial charge in [0.2, 0.25) is 0 Å². The van der Waals surface area contributed by atoms with Crippen LogP contribution >= 0.6 is 34.2 Å². The fraction of sp³-hybridized carbons (Fsp3) is 0.333. The molecule has 0 unspecified atom stereocenters. The summed E-state index contributed by atoms with van der Waals surface area (Å²) in [5.41, 5.74) is 1.89. The lowest BCUT2D eigenvalue weighted by Crippen LogP contribution is -2.00. The molecule has 0 N–H and O–H groups in total. The molecule has 0 amide bonds. The fourth-order valence-electron chi connectivity index (χ4n) is 2.13. The first kappa shape index (κ1) is 14.8. The molecule has 1 aliphatic rings. The molecule has 0 aliphatic heterocycles. The van der Waals surface area contributed by atoms with Crippen LogP contribution < -0.4 is 9.47 Å². The second-order valence-electron chi connectivity index (χ2n) is 4.91. The first-order chi connectivity index (χ1) is 10.1. The minimum absolute atomic E-state index is 0.504. The van der Waals surface area contributed by atoms with E-state index >= 15 is 0 Å². The van der Waals surface area contributed by atoms with E-state index in [-0.39, 0.29) is 0 Å². The van der Waals surface area contributed by atoms with E-state index in [1.54, 1.807) is 14.2 Å². The molecule has 1 fully saturated rings. The van der Waals surface area contributed by atoms with E-state index in [4.69, 9.17) is 26.1 Å². The molecule has 1 aliphatic carbocycles. The lowest BCUT2D eigenvalue weighted by molar-refractivity contribution is 0.394. The van der Waals surface area contributed by atoms with Gasteiger partial charge in [-0.2, -0.15) is 0 Å². The summed E-state index contributed by atoms with van der Waals surface area (Å²) in [6.07, 6.45) is 2.34. The number of aromatic nitrogens is 2. The Kier molecular flexibility index (Phi) is 4.21. The Morgan fingerprint density at radius 3 is 2.24 bits per heavy atom. The zero-order chi connectivity index (χ0) is 15.0. The normalized spacial score (nSPS) is 14.1. The van der Waals surface area contributed by atoms with Gasteiger partial charge in [-0.1, -0.05) is 11.6 Å². The lowest BCUT2D eigenvalue weighted by atomic mass is 10.1. The molecule has 0 saturated heterocycles. The average Bonchev–Trinajstić information content (AvgIpc) is 3.33. The van der Waals surface area contributed by atoms with E-state index in [9.17, 15) is 0 Å². The van der Waals surface area contributed by atoms with Gasteiger partial charge in [-0.25, -0.2) is 9.97 Å². The molecule has 1 heterocycles. The molecule has 0 bridgehead atoms. The Labute approximate surface area is 142 Å². The Hall–Kier alpha value is -1.08. The quantitative estimate of drug-likeness (QED) is 0.551. The van der Waals surface area contributed by atoms with Gasteiger partial charge in [0, 0.05) is 17.5 Å². The van der Waals surface area contributed by atoms with Crippen molar-refractivity contribution in [2.75, 3.05) is 14.2 Å². The monoisotopic (exact) mass is 416 g/mol. The van der Waals surface area contributed by atoms with Crippen LogP contribution in [0.2, 0.25) is 5.15 Å². The van der Waals surface area contributed by atoms with Crippen LogP contribution in [-0.2, 0) is 0 Å². The highest BCUT2D eigenvalue weighted by molar-refractivity contribution is 14.1. The molecule has 2 aromatic rings. The predicted molar refractivity (Wildman–Crippen MR) is 90.3 cm³/mol. The highest BCUT2D eigenvalue weighted by atomic mass is 127. The van der Waals surface area contributed by atoms with Gasteiger partial charge in [0.25, 0.3) is 0 Å². The van der Waals surface area contributed by atoms with Crippen LogP contribution in [0, 0.1) is 3.57 Å². The van der Waals surface area contributed by atoms with Gasteiger partial charge in [-0.15, -0.1) is 0 Å². The molecule has 1 aromatic heterocycles. The molecule has 0 radical (unpaired) electrons. The number of benzene rings is 1. The molecule has 110 valence electrons. The minimum atomic E-state index is 0.504. The number of hydrogen-bond donors (Lipinski definition) is 0. The van der Waals surface area contributed by atoms with E-state index in [1.807, 2.05) is 18.2 Å². The molecule has 1 saturated carbocycles. The second kappa shape index (κ2) is 5.96. The molecule has 21 heavy (non-hydrogen) atoms. The third kappa shape index (κ3) is 3.08. The second-order valence-corrected chi connectivity index (χ2v) is 6.35. The molecule has 6 heteroatoms. The largest absolute Gasteiger partial charge is 0.497 e. The van der Waals surface area contributed by atoms with Crippen LogP contribution in [0.25, 0.3) is 11.4 Å². The van der Waals surface area contributed by atoms with E-state index in [0.29, 0.717) is 28.4 Å². The van der Waals surface area contributed by atoms with Crippen molar-refractivity contribution in [3.8, 4) is 22.9 Å². The third-order valence-electron chi connectivity index (χ3n) is 3.41. The predicted octanol–water partition coefficient (Wildman–Crippen LogP) is 4.30. The van der Waals surface area contributed by atoms with E-state index < -0.39 is 0 Å². The fourth-order valence-corrected chi connectivity index (χ4v) is 2.99. The standard InChI is InChI=1S/C15H14ClIN2O2/c1-20-10-5-9(6-11(7-10)21-2)15-18-13(8-3-4-8)12(17)14(16)19-15/h5-8H,3-4H2,1-2H3. The summed E-state index contributed by atoms with van der Waals surface area (Å²) in [5, 5.41) is 0.504. The van der Waals surface area contributed by atoms with E-state index in [0.717, 1.165) is 14.8 Å². The van der Waals surface area contributed by atoms with Crippen molar-refractivity contribution in [3.05, 3.63) is 32.6 Å². The van der Waals surface area contributed by atoms with Crippen molar-refractivity contribution < 1.29 is 9.47 Å². The maximum absolute atomic E-state index is 6.27. The average molecular weight is 417 g/mol. The summed E-state index contributed by atoms with van der Waals surface area (Å²) in [6, 6.07) is 5.59. The van der Waals surface area contributed by atoms with Gasteiger partial charge in [-0.05, 0) is 47.6 Å². The van der Waals surface area contributed by atoms with Gasteiger partial charge >= 0.3 is 0 Å². The molecular formula is C15H14ClIN2O2. The number of methoxy groups -OCH3 is 2. The van der Waals surface area contributed by atoms with Gasteiger partial charge in [-0.3, -0.25) is 0 Å². The molecule has 1 aromatic carbocycles. The van der Waals surface area contributed by atoms with Crippen LogP contribution in [0.3, 0.4) is 0 Å². The summed E-state index contributed by atoms with van der Waals surface area (Å²) in [6.45, 7) is 0. The molecule has 0 atom stereocenters. The van der Waals surface area contributed by atoms with Gasteiger partial charge in [0.15, 0.2) is 5.82 Å². The summed E-state index contributed by atoms with van der Waals surface area (Å²) in [7, 11) is 3.24. The van der Waals surface area contributed by atoms with E-state index in [1.165, 1.54) is 12.8 Å². The summed E-state index contributed by atoms with van der Waals surface area (Å²) in [5.74, 6) is 2.54. The van der Waals surface area contributed by atoms with Crippen molar-refractivity contribution in [1.82, 2.24) is 9.97 Å². The van der Waals surface area contributed by atoms with Crippen LogP contribution in [-0.4, -0.2) is 24.2 Å². The number of rotatable bonds is 4. The van der Waals surface area contributed by atoms with E-state index in [2.05, 4.69) is 27.6 Å². The Morgan fingerprint density at radius 2 is 1.71 bits per heavy atom. The van der Waals surface area contributed by atoms with Crippen molar-refractivity contribution in [2.45, 2.75) is 18.8 Å². The number of ether oxygens (including phenoxy) is 2. The van der Waals surface area contributed by atoms with Crippen LogP contribution in [0.4, 0.5) is 0 Å². The first-order valence-corrected chi connectivity index (χ1v) is 8.04. The maximum atomic E-state index is 6.27. The number of nitrogens with zero attached hydrogens (tertiary/aromatic N) is 2. The number of halogens is 2. The van der Waals surface area contributed by atoms with Gasteiger partial charge in [0.1, 0.15) is 16.7 Å². The minimum Gasteiger partial charge on any atom is -0.497 e. The molecule has 0 spiro atoms. The number of hydrogen-bond acceptors (Lipinski definition) is 4. The van der Waals surface area contributed by atoms with Crippen molar-refractivity contribution >= 4 is 34.2 Å². The zero-order valence-corrected chi connectivity index (χ0v) is 14.6. The molecular weight excluding hydrogens is 403 g/mol. The lowest BCUT2D eigenvalue weighted by Gasteiger charge is -2.10. The molecule has 3 rings (SSSR count). The Balaban J connectivity index is 2.11. The maximum Gasteiger partial charge on any atom is 0.161 e. The summed E-state index contributed by atoms with van der Waals surface area (Å²) in [4.78, 5) is 9.10. The Bertz CT molecular complexity index is 667. The van der Waals surface area contributed by atoms with Crippen LogP contribution in [0.1, 0.15) is 24.5 Å². The van der Waals surface area contributed by atoms with Crippen molar-refractivity contribution in [2.24, 2.45) is 0 Å². The highest BCUT2D eigenvalue weighted by Crippen LogP contribution is 2.43. The Morgan fingerprint density at radius 1 is 1.10 bits per heavy atom. The van der Waals surface area contributed by atoms with Crippen molar-refractivity contribution in [1.29, 1.82) is 0 Å². The SMILES string of the molecule is COc1cc(OC)cc(-c2nc(Cl)c(I)c(C3CC3)n2)c1. The van der Waals surface area contributed by atoms with Gasteiger partial charge in [0.05, 0.1) is 23.5 Å². The van der Waals surface area contributed by atoms with Gasteiger partial charge < -0.3 is 9.47 Å².